The Bertz CT molecular complexity index is 569. The van der Waals surface area contributed by atoms with Gasteiger partial charge in [0, 0.05) is 17.8 Å². The van der Waals surface area contributed by atoms with Crippen LogP contribution in [-0.4, -0.2) is 28.8 Å². The Hall–Kier alpha value is -2.33. The van der Waals surface area contributed by atoms with Gasteiger partial charge in [-0.3, -0.25) is 4.79 Å². The van der Waals surface area contributed by atoms with Crippen LogP contribution in [0.1, 0.15) is 6.42 Å². The molecule has 0 aliphatic rings. The molecule has 0 spiro atoms. The number of benzene rings is 2. The lowest BCUT2D eigenvalue weighted by Crippen LogP contribution is -2.22. The van der Waals surface area contributed by atoms with Crippen molar-refractivity contribution in [2.75, 3.05) is 11.9 Å². The summed E-state index contributed by atoms with van der Waals surface area (Å²) in [5.41, 5.74) is 2.97. The number of carboxylic acid groups (broad SMARTS) is 1. The summed E-state index contributed by atoms with van der Waals surface area (Å²) < 4.78 is 0. The molecule has 0 aliphatic heterocycles. The predicted octanol–water partition coefficient (Wildman–Crippen LogP) is 2.60. The van der Waals surface area contributed by atoms with Crippen LogP contribution >= 0.6 is 0 Å². The van der Waals surface area contributed by atoms with Crippen molar-refractivity contribution in [2.24, 2.45) is 0 Å². The maximum atomic E-state index is 10.5. The Labute approximate surface area is 117 Å². The molecule has 0 radical (unpaired) electrons. The number of para-hydroxylation sites is 1. The maximum absolute atomic E-state index is 10.5. The van der Waals surface area contributed by atoms with Gasteiger partial charge in [-0.25, -0.2) is 0 Å². The average Bonchev–Trinajstić information content (AvgIpc) is 2.46. The van der Waals surface area contributed by atoms with E-state index in [0.717, 1.165) is 16.8 Å². The predicted molar refractivity (Wildman–Crippen MR) is 78.6 cm³/mol. The fourth-order valence-electron chi connectivity index (χ4n) is 2.01. The summed E-state index contributed by atoms with van der Waals surface area (Å²) in [6.45, 7) is 0.205. The molecular weight excluding hydrogens is 254 g/mol. The molecule has 0 fully saturated rings. The van der Waals surface area contributed by atoms with Crippen molar-refractivity contribution >= 4 is 11.7 Å². The van der Waals surface area contributed by atoms with Crippen molar-refractivity contribution < 1.29 is 15.0 Å². The van der Waals surface area contributed by atoms with E-state index in [1.807, 2.05) is 54.6 Å². The molecule has 0 saturated heterocycles. The molecule has 3 N–H and O–H groups in total. The van der Waals surface area contributed by atoms with Crippen LogP contribution in [0, 0.1) is 0 Å². The number of carbonyl (C=O) groups is 1. The summed E-state index contributed by atoms with van der Waals surface area (Å²) in [5, 5.41) is 21.3. The average molecular weight is 271 g/mol. The largest absolute Gasteiger partial charge is 0.481 e. The lowest BCUT2D eigenvalue weighted by atomic mass is 10.0. The van der Waals surface area contributed by atoms with Gasteiger partial charge in [0.2, 0.25) is 0 Å². The highest BCUT2D eigenvalue weighted by atomic mass is 16.4. The monoisotopic (exact) mass is 271 g/mol. The standard InChI is InChI=1S/C16H17NO3/c18-13(10-16(19)20)11-17-15-9-5-4-8-14(15)12-6-2-1-3-7-12/h1-9,13,17-18H,10-11H2,(H,19,20). The highest BCUT2D eigenvalue weighted by Crippen LogP contribution is 2.27. The second kappa shape index (κ2) is 6.73. The molecule has 0 bridgehead atoms. The second-order valence-corrected chi connectivity index (χ2v) is 4.54. The lowest BCUT2D eigenvalue weighted by molar-refractivity contribution is -0.138. The van der Waals surface area contributed by atoms with Crippen LogP contribution in [-0.2, 0) is 4.79 Å². The van der Waals surface area contributed by atoms with E-state index in [0.29, 0.717) is 0 Å². The number of carboxylic acids is 1. The minimum atomic E-state index is -1.00. The Morgan fingerprint density at radius 1 is 1.05 bits per heavy atom. The van der Waals surface area contributed by atoms with Gasteiger partial charge in [0.1, 0.15) is 0 Å². The van der Waals surface area contributed by atoms with E-state index < -0.39 is 12.1 Å². The zero-order valence-electron chi connectivity index (χ0n) is 11.0. The number of aliphatic carboxylic acids is 1. The SMILES string of the molecule is O=C(O)CC(O)CNc1ccccc1-c1ccccc1. The fraction of sp³-hybridized carbons (Fsp3) is 0.188. The number of aliphatic hydroxyl groups is 1. The van der Waals surface area contributed by atoms with Crippen LogP contribution in [0.3, 0.4) is 0 Å². The first-order valence-electron chi connectivity index (χ1n) is 6.45. The summed E-state index contributed by atoms with van der Waals surface area (Å²) >= 11 is 0. The van der Waals surface area contributed by atoms with Crippen molar-refractivity contribution in [3.8, 4) is 11.1 Å². The Kier molecular flexibility index (Phi) is 4.74. The smallest absolute Gasteiger partial charge is 0.306 e. The highest BCUT2D eigenvalue weighted by Gasteiger charge is 2.10. The number of nitrogens with one attached hydrogen (secondary N) is 1. The minimum Gasteiger partial charge on any atom is -0.481 e. The van der Waals surface area contributed by atoms with Crippen LogP contribution in [0.5, 0.6) is 0 Å². The van der Waals surface area contributed by atoms with E-state index in [-0.39, 0.29) is 13.0 Å². The van der Waals surface area contributed by atoms with Gasteiger partial charge in [-0.1, -0.05) is 48.5 Å². The van der Waals surface area contributed by atoms with Crippen LogP contribution in [0.4, 0.5) is 5.69 Å². The molecule has 0 amide bonds. The lowest BCUT2D eigenvalue weighted by Gasteiger charge is -2.14. The molecule has 0 heterocycles. The molecule has 2 rings (SSSR count). The van der Waals surface area contributed by atoms with Gasteiger partial charge in [-0.2, -0.15) is 0 Å². The van der Waals surface area contributed by atoms with Gasteiger partial charge in [0.25, 0.3) is 0 Å². The van der Waals surface area contributed by atoms with E-state index >= 15 is 0 Å². The van der Waals surface area contributed by atoms with Crippen LogP contribution < -0.4 is 5.32 Å². The molecule has 0 aliphatic carbocycles. The van der Waals surface area contributed by atoms with Crippen molar-refractivity contribution in [1.29, 1.82) is 0 Å². The first-order chi connectivity index (χ1) is 9.66. The van der Waals surface area contributed by atoms with E-state index in [4.69, 9.17) is 5.11 Å². The van der Waals surface area contributed by atoms with E-state index in [2.05, 4.69) is 5.32 Å². The van der Waals surface area contributed by atoms with E-state index in [1.54, 1.807) is 0 Å². The Balaban J connectivity index is 2.11. The van der Waals surface area contributed by atoms with Gasteiger partial charge in [0.05, 0.1) is 12.5 Å². The first-order valence-corrected chi connectivity index (χ1v) is 6.45. The zero-order valence-corrected chi connectivity index (χ0v) is 11.0. The number of rotatable bonds is 6. The summed E-state index contributed by atoms with van der Waals surface area (Å²) in [7, 11) is 0. The third-order valence-electron chi connectivity index (χ3n) is 2.95. The molecule has 4 nitrogen and oxygen atoms in total. The zero-order chi connectivity index (χ0) is 14.4. The minimum absolute atomic E-state index is 0.205. The van der Waals surface area contributed by atoms with Gasteiger partial charge in [-0.05, 0) is 11.6 Å². The molecule has 4 heteroatoms. The van der Waals surface area contributed by atoms with Gasteiger partial charge in [-0.15, -0.1) is 0 Å². The molecule has 2 aromatic rings. The number of hydrogen-bond acceptors (Lipinski definition) is 3. The van der Waals surface area contributed by atoms with Crippen molar-refractivity contribution in [3.05, 3.63) is 54.6 Å². The Morgan fingerprint density at radius 2 is 1.70 bits per heavy atom. The van der Waals surface area contributed by atoms with Crippen molar-refractivity contribution in [1.82, 2.24) is 0 Å². The molecule has 0 saturated carbocycles. The molecule has 104 valence electrons. The van der Waals surface area contributed by atoms with E-state index in [1.165, 1.54) is 0 Å². The summed E-state index contributed by atoms with van der Waals surface area (Å²) in [6.07, 6.45) is -1.17. The van der Waals surface area contributed by atoms with Gasteiger partial charge >= 0.3 is 5.97 Å². The van der Waals surface area contributed by atoms with Crippen LogP contribution in [0.15, 0.2) is 54.6 Å². The summed E-state index contributed by atoms with van der Waals surface area (Å²) in [5.74, 6) is -1.00. The Morgan fingerprint density at radius 3 is 2.40 bits per heavy atom. The third-order valence-corrected chi connectivity index (χ3v) is 2.95. The molecular formula is C16H17NO3. The van der Waals surface area contributed by atoms with Gasteiger partial charge < -0.3 is 15.5 Å². The second-order valence-electron chi connectivity index (χ2n) is 4.54. The molecule has 0 aromatic heterocycles. The number of aliphatic hydroxyl groups excluding tert-OH is 1. The van der Waals surface area contributed by atoms with Gasteiger partial charge in [0.15, 0.2) is 0 Å². The first kappa shape index (κ1) is 14.1. The molecule has 20 heavy (non-hydrogen) atoms. The van der Waals surface area contributed by atoms with Crippen LogP contribution in [0.2, 0.25) is 0 Å². The van der Waals surface area contributed by atoms with E-state index in [9.17, 15) is 9.90 Å². The number of hydrogen-bond donors (Lipinski definition) is 3. The molecule has 1 unspecified atom stereocenters. The third kappa shape index (κ3) is 3.83. The summed E-state index contributed by atoms with van der Waals surface area (Å²) in [4.78, 5) is 10.5. The quantitative estimate of drug-likeness (QED) is 0.755. The number of anilines is 1. The fourth-order valence-corrected chi connectivity index (χ4v) is 2.01. The van der Waals surface area contributed by atoms with Crippen LogP contribution in [0.25, 0.3) is 11.1 Å². The summed E-state index contributed by atoms with van der Waals surface area (Å²) in [6, 6.07) is 17.6. The molecule has 2 aromatic carbocycles. The van der Waals surface area contributed by atoms with Crippen molar-refractivity contribution in [2.45, 2.75) is 12.5 Å². The topological polar surface area (TPSA) is 69.6 Å². The van der Waals surface area contributed by atoms with Crippen molar-refractivity contribution in [3.63, 3.8) is 0 Å². The normalized spacial score (nSPS) is 11.8. The maximum Gasteiger partial charge on any atom is 0.306 e. The highest BCUT2D eigenvalue weighted by molar-refractivity contribution is 5.77. The molecule has 1 atom stereocenters.